The van der Waals surface area contributed by atoms with E-state index in [2.05, 4.69) is 13.5 Å². The van der Waals surface area contributed by atoms with E-state index in [-0.39, 0.29) is 11.3 Å². The van der Waals surface area contributed by atoms with E-state index in [0.29, 0.717) is 12.3 Å². The summed E-state index contributed by atoms with van der Waals surface area (Å²) in [6.45, 7) is 9.87. The Morgan fingerprint density at radius 2 is 2.08 bits per heavy atom. The minimum absolute atomic E-state index is 0.0280. The summed E-state index contributed by atoms with van der Waals surface area (Å²) in [4.78, 5) is 0. The van der Waals surface area contributed by atoms with Gasteiger partial charge in [0.1, 0.15) is 0 Å². The Labute approximate surface area is 79.4 Å². The van der Waals surface area contributed by atoms with E-state index in [9.17, 15) is 5.11 Å². The first-order valence-electron chi connectivity index (χ1n) is 4.40. The molecule has 0 aromatic heterocycles. The summed E-state index contributed by atoms with van der Waals surface area (Å²) in [6.07, 6.45) is 0.632. The molecule has 1 aliphatic rings. The molecule has 1 aliphatic carbocycles. The highest BCUT2D eigenvalue weighted by Crippen LogP contribution is 2.41. The number of hydrogen-bond acceptors (Lipinski definition) is 1. The molecule has 1 saturated carbocycles. The van der Waals surface area contributed by atoms with Gasteiger partial charge in [-0.05, 0) is 25.2 Å². The lowest BCUT2D eigenvalue weighted by molar-refractivity contribution is -0.0285. The van der Waals surface area contributed by atoms with Gasteiger partial charge in [0, 0.05) is 0 Å². The fraction of sp³-hybridized carbons (Fsp3) is 0.800. The Bertz CT molecular complexity index is 198. The van der Waals surface area contributed by atoms with Crippen LogP contribution in [0.1, 0.15) is 27.2 Å². The fourth-order valence-corrected chi connectivity index (χ4v) is 2.21. The molecule has 0 heterocycles. The zero-order valence-corrected chi connectivity index (χ0v) is 8.73. The van der Waals surface area contributed by atoms with Gasteiger partial charge in [0.2, 0.25) is 0 Å². The maximum atomic E-state index is 9.98. The Morgan fingerprint density at radius 3 is 2.58 bits per heavy atom. The van der Waals surface area contributed by atoms with Gasteiger partial charge < -0.3 is 5.11 Å². The highest BCUT2D eigenvalue weighted by molar-refractivity contribution is 6.22. The molecule has 0 bridgehead atoms. The van der Waals surface area contributed by atoms with E-state index in [1.54, 1.807) is 0 Å². The van der Waals surface area contributed by atoms with Crippen LogP contribution < -0.4 is 0 Å². The first-order valence-corrected chi connectivity index (χ1v) is 4.84. The lowest BCUT2D eigenvalue weighted by atomic mass is 9.69. The molecule has 2 heteroatoms. The van der Waals surface area contributed by atoms with E-state index in [1.807, 2.05) is 13.8 Å². The Kier molecular flexibility index (Phi) is 2.55. The highest BCUT2D eigenvalue weighted by Gasteiger charge is 2.41. The Balaban J connectivity index is 2.85. The molecule has 1 fully saturated rings. The topological polar surface area (TPSA) is 20.2 Å². The molecule has 12 heavy (non-hydrogen) atoms. The SMILES string of the molecule is C=C1CC(C)(O)C(C)C(C)C1Cl. The molecule has 0 aromatic carbocycles. The van der Waals surface area contributed by atoms with Gasteiger partial charge in [-0.1, -0.05) is 26.0 Å². The largest absolute Gasteiger partial charge is 0.390 e. The van der Waals surface area contributed by atoms with Crippen molar-refractivity contribution in [2.24, 2.45) is 11.8 Å². The van der Waals surface area contributed by atoms with Gasteiger partial charge in [0.15, 0.2) is 0 Å². The van der Waals surface area contributed by atoms with E-state index >= 15 is 0 Å². The second-order valence-electron chi connectivity index (χ2n) is 4.24. The molecular weight excluding hydrogens is 172 g/mol. The number of rotatable bonds is 0. The van der Waals surface area contributed by atoms with Gasteiger partial charge >= 0.3 is 0 Å². The van der Waals surface area contributed by atoms with Crippen LogP contribution >= 0.6 is 11.6 Å². The smallest absolute Gasteiger partial charge is 0.0685 e. The number of alkyl halides is 1. The second-order valence-corrected chi connectivity index (χ2v) is 4.71. The maximum absolute atomic E-state index is 9.98. The molecule has 1 rings (SSSR count). The van der Waals surface area contributed by atoms with Crippen molar-refractivity contribution >= 4 is 11.6 Å². The monoisotopic (exact) mass is 188 g/mol. The van der Waals surface area contributed by atoms with Crippen LogP contribution in [0.15, 0.2) is 12.2 Å². The summed E-state index contributed by atoms with van der Waals surface area (Å²) >= 11 is 6.13. The van der Waals surface area contributed by atoms with E-state index < -0.39 is 5.60 Å². The third kappa shape index (κ3) is 1.53. The molecule has 4 unspecified atom stereocenters. The Hall–Kier alpha value is -0.0100. The van der Waals surface area contributed by atoms with Crippen LogP contribution in [0.2, 0.25) is 0 Å². The van der Waals surface area contributed by atoms with E-state index in [4.69, 9.17) is 11.6 Å². The first-order chi connectivity index (χ1) is 5.36. The summed E-state index contributed by atoms with van der Waals surface area (Å²) < 4.78 is 0. The lowest BCUT2D eigenvalue weighted by Gasteiger charge is -2.43. The summed E-state index contributed by atoms with van der Waals surface area (Å²) in [5, 5.41) is 10.0. The van der Waals surface area contributed by atoms with E-state index in [1.165, 1.54) is 0 Å². The molecule has 0 radical (unpaired) electrons. The van der Waals surface area contributed by atoms with Crippen molar-refractivity contribution in [3.63, 3.8) is 0 Å². The van der Waals surface area contributed by atoms with Gasteiger partial charge in [-0.15, -0.1) is 11.6 Å². The predicted octanol–water partition coefficient (Wildman–Crippen LogP) is 2.58. The summed E-state index contributed by atoms with van der Waals surface area (Å²) in [5.41, 5.74) is 0.342. The van der Waals surface area contributed by atoms with Gasteiger partial charge in [-0.25, -0.2) is 0 Å². The highest BCUT2D eigenvalue weighted by atomic mass is 35.5. The van der Waals surface area contributed by atoms with Crippen molar-refractivity contribution in [3.8, 4) is 0 Å². The zero-order chi connectivity index (χ0) is 9.52. The minimum Gasteiger partial charge on any atom is -0.390 e. The molecule has 4 atom stereocenters. The number of halogens is 1. The molecule has 0 amide bonds. The average molecular weight is 189 g/mol. The molecule has 1 N–H and O–H groups in total. The minimum atomic E-state index is -0.623. The molecule has 70 valence electrons. The van der Waals surface area contributed by atoms with Crippen molar-refractivity contribution < 1.29 is 5.11 Å². The van der Waals surface area contributed by atoms with Crippen LogP contribution in [0, 0.1) is 11.8 Å². The zero-order valence-electron chi connectivity index (χ0n) is 7.97. The number of aliphatic hydroxyl groups is 1. The molecule has 0 spiro atoms. The normalized spacial score (nSPS) is 49.4. The van der Waals surface area contributed by atoms with Crippen LogP contribution in [0.4, 0.5) is 0 Å². The summed E-state index contributed by atoms with van der Waals surface area (Å²) in [7, 11) is 0. The third-order valence-corrected chi connectivity index (χ3v) is 3.91. The molecule has 0 aliphatic heterocycles. The third-order valence-electron chi connectivity index (χ3n) is 3.21. The van der Waals surface area contributed by atoms with Crippen LogP contribution in [-0.4, -0.2) is 16.1 Å². The molecule has 1 nitrogen and oxygen atoms in total. The summed E-state index contributed by atoms with van der Waals surface area (Å²) in [5.74, 6) is 0.549. The van der Waals surface area contributed by atoms with Crippen LogP contribution in [0.3, 0.4) is 0 Å². The van der Waals surface area contributed by atoms with Crippen LogP contribution in [0.25, 0.3) is 0 Å². The quantitative estimate of drug-likeness (QED) is 0.458. The average Bonchev–Trinajstić information content (AvgIpc) is 1.97. The molecular formula is C10H17ClO. The number of hydrogen-bond donors (Lipinski definition) is 1. The molecule has 0 aromatic rings. The van der Waals surface area contributed by atoms with Gasteiger partial charge in [-0.3, -0.25) is 0 Å². The lowest BCUT2D eigenvalue weighted by Crippen LogP contribution is -2.45. The standard InChI is InChI=1S/C10H17ClO/c1-6-5-10(4,12)8(3)7(2)9(6)11/h7-9,12H,1,5H2,2-4H3. The van der Waals surface area contributed by atoms with E-state index in [0.717, 1.165) is 5.57 Å². The second kappa shape index (κ2) is 3.04. The van der Waals surface area contributed by atoms with Crippen molar-refractivity contribution in [1.29, 1.82) is 0 Å². The van der Waals surface area contributed by atoms with Gasteiger partial charge in [0.05, 0.1) is 11.0 Å². The van der Waals surface area contributed by atoms with Gasteiger partial charge in [-0.2, -0.15) is 0 Å². The van der Waals surface area contributed by atoms with Gasteiger partial charge in [0.25, 0.3) is 0 Å². The molecule has 0 saturated heterocycles. The first kappa shape index (κ1) is 10.1. The fourth-order valence-electron chi connectivity index (χ4n) is 1.91. The van der Waals surface area contributed by atoms with Crippen LogP contribution in [0.5, 0.6) is 0 Å². The van der Waals surface area contributed by atoms with Crippen molar-refractivity contribution in [2.75, 3.05) is 0 Å². The summed E-state index contributed by atoms with van der Waals surface area (Å²) in [6, 6.07) is 0. The van der Waals surface area contributed by atoms with Crippen LogP contribution in [-0.2, 0) is 0 Å². The maximum Gasteiger partial charge on any atom is 0.0685 e. The van der Waals surface area contributed by atoms with Crippen molar-refractivity contribution in [1.82, 2.24) is 0 Å². The predicted molar refractivity (Wildman–Crippen MR) is 52.3 cm³/mol. The Morgan fingerprint density at radius 1 is 1.58 bits per heavy atom. The van der Waals surface area contributed by atoms with Crippen molar-refractivity contribution in [2.45, 2.75) is 38.2 Å². The van der Waals surface area contributed by atoms with Crippen molar-refractivity contribution in [3.05, 3.63) is 12.2 Å².